The summed E-state index contributed by atoms with van der Waals surface area (Å²) in [7, 11) is 0. The van der Waals surface area contributed by atoms with Crippen LogP contribution < -0.4 is 5.73 Å². The van der Waals surface area contributed by atoms with E-state index in [9.17, 15) is 4.79 Å². The molecule has 0 saturated heterocycles. The first kappa shape index (κ1) is 13.3. The van der Waals surface area contributed by atoms with Gasteiger partial charge in [0.2, 0.25) is 0 Å². The second-order valence-corrected chi connectivity index (χ2v) is 4.29. The molecule has 2 rings (SSSR count). The van der Waals surface area contributed by atoms with Gasteiger partial charge >= 0.3 is 5.97 Å². The molecule has 3 nitrogen and oxygen atoms in total. The van der Waals surface area contributed by atoms with Crippen molar-refractivity contribution in [2.24, 2.45) is 5.73 Å². The van der Waals surface area contributed by atoms with Gasteiger partial charge in [-0.25, -0.2) is 0 Å². The molecule has 0 bridgehead atoms. The molecule has 0 aromatic heterocycles. The molecule has 0 aliphatic carbocycles. The van der Waals surface area contributed by atoms with E-state index in [0.717, 1.165) is 11.1 Å². The van der Waals surface area contributed by atoms with Crippen molar-refractivity contribution in [2.45, 2.75) is 12.5 Å². The van der Waals surface area contributed by atoms with Crippen LogP contribution in [0.25, 0.3) is 0 Å². The van der Waals surface area contributed by atoms with Crippen molar-refractivity contribution in [3.63, 3.8) is 0 Å². The minimum Gasteiger partial charge on any atom is -0.460 e. The highest BCUT2D eigenvalue weighted by molar-refractivity contribution is 5.78. The summed E-state index contributed by atoms with van der Waals surface area (Å²) in [5, 5.41) is 0. The third-order valence-corrected chi connectivity index (χ3v) is 2.95. The first-order chi connectivity index (χ1) is 9.31. The first-order valence-electron chi connectivity index (χ1n) is 6.27. The Morgan fingerprint density at radius 3 is 2.16 bits per heavy atom. The van der Waals surface area contributed by atoms with Crippen LogP contribution >= 0.6 is 0 Å². The summed E-state index contributed by atoms with van der Waals surface area (Å²) in [6.07, 6.45) is 0. The summed E-state index contributed by atoms with van der Waals surface area (Å²) in [6, 6.07) is 19.1. The zero-order valence-corrected chi connectivity index (χ0v) is 10.7. The highest BCUT2D eigenvalue weighted by atomic mass is 16.5. The lowest BCUT2D eigenvalue weighted by Crippen LogP contribution is -2.23. The molecule has 3 heteroatoms. The van der Waals surface area contributed by atoms with Crippen LogP contribution in [0.15, 0.2) is 60.7 Å². The third kappa shape index (κ3) is 3.66. The molecular weight excluding hydrogens is 238 g/mol. The maximum Gasteiger partial charge on any atom is 0.315 e. The number of hydrogen-bond donors (Lipinski definition) is 1. The molecule has 0 saturated carbocycles. The zero-order chi connectivity index (χ0) is 13.5. The van der Waals surface area contributed by atoms with Crippen molar-refractivity contribution < 1.29 is 9.53 Å². The Morgan fingerprint density at radius 1 is 1.00 bits per heavy atom. The fourth-order valence-electron chi connectivity index (χ4n) is 1.88. The van der Waals surface area contributed by atoms with Crippen LogP contribution in [-0.2, 0) is 16.1 Å². The van der Waals surface area contributed by atoms with Gasteiger partial charge in [-0.1, -0.05) is 60.7 Å². The number of carbonyl (C=O) groups is 1. The van der Waals surface area contributed by atoms with E-state index < -0.39 is 5.92 Å². The second-order valence-electron chi connectivity index (χ2n) is 4.29. The summed E-state index contributed by atoms with van der Waals surface area (Å²) in [4.78, 5) is 12.0. The van der Waals surface area contributed by atoms with Crippen LogP contribution in [0.1, 0.15) is 17.0 Å². The van der Waals surface area contributed by atoms with Crippen molar-refractivity contribution in [1.82, 2.24) is 0 Å². The number of esters is 1. The molecule has 2 aromatic carbocycles. The number of nitrogens with two attached hydrogens (primary N) is 1. The summed E-state index contributed by atoms with van der Waals surface area (Å²) in [6.45, 7) is 0.528. The fourth-order valence-corrected chi connectivity index (χ4v) is 1.88. The molecule has 0 radical (unpaired) electrons. The smallest absolute Gasteiger partial charge is 0.315 e. The van der Waals surface area contributed by atoms with E-state index in [1.807, 2.05) is 60.7 Å². The molecule has 2 N–H and O–H groups in total. The Balaban J connectivity index is 1.98. The van der Waals surface area contributed by atoms with Crippen LogP contribution in [0.4, 0.5) is 0 Å². The number of ether oxygens (including phenoxy) is 1. The maximum absolute atomic E-state index is 12.0. The number of hydrogen-bond acceptors (Lipinski definition) is 3. The van der Waals surface area contributed by atoms with Crippen molar-refractivity contribution in [1.29, 1.82) is 0 Å². The quantitative estimate of drug-likeness (QED) is 0.835. The number of benzene rings is 2. The molecule has 0 heterocycles. The molecule has 19 heavy (non-hydrogen) atoms. The molecule has 0 aliphatic rings. The van der Waals surface area contributed by atoms with Gasteiger partial charge < -0.3 is 10.5 Å². The van der Waals surface area contributed by atoms with Crippen LogP contribution in [0.2, 0.25) is 0 Å². The average Bonchev–Trinajstić information content (AvgIpc) is 2.48. The van der Waals surface area contributed by atoms with Gasteiger partial charge in [-0.3, -0.25) is 4.79 Å². The lowest BCUT2D eigenvalue weighted by atomic mass is 10.00. The minimum atomic E-state index is -0.398. The highest BCUT2D eigenvalue weighted by Gasteiger charge is 2.20. The normalized spacial score (nSPS) is 11.8. The van der Waals surface area contributed by atoms with Crippen LogP contribution in [0.3, 0.4) is 0 Å². The molecule has 0 unspecified atom stereocenters. The van der Waals surface area contributed by atoms with E-state index in [-0.39, 0.29) is 19.1 Å². The van der Waals surface area contributed by atoms with E-state index in [2.05, 4.69) is 0 Å². The molecule has 98 valence electrons. The third-order valence-electron chi connectivity index (χ3n) is 2.95. The largest absolute Gasteiger partial charge is 0.460 e. The Kier molecular flexibility index (Phi) is 4.70. The van der Waals surface area contributed by atoms with Crippen LogP contribution in [0.5, 0.6) is 0 Å². The Bertz CT molecular complexity index is 511. The lowest BCUT2D eigenvalue weighted by molar-refractivity contribution is -0.146. The second kappa shape index (κ2) is 6.71. The average molecular weight is 255 g/mol. The topological polar surface area (TPSA) is 52.3 Å². The van der Waals surface area contributed by atoms with Gasteiger partial charge in [-0.2, -0.15) is 0 Å². The van der Waals surface area contributed by atoms with Crippen molar-refractivity contribution in [3.05, 3.63) is 71.8 Å². The molecule has 0 fully saturated rings. The van der Waals surface area contributed by atoms with Gasteiger partial charge in [0.15, 0.2) is 0 Å². The number of carbonyl (C=O) groups excluding carboxylic acids is 1. The first-order valence-corrected chi connectivity index (χ1v) is 6.27. The Labute approximate surface area is 113 Å². The molecule has 0 spiro atoms. The summed E-state index contributed by atoms with van der Waals surface area (Å²) in [5.74, 6) is -0.678. The fraction of sp³-hybridized carbons (Fsp3) is 0.188. The maximum atomic E-state index is 12.0. The lowest BCUT2D eigenvalue weighted by Gasteiger charge is -2.14. The monoisotopic (exact) mass is 255 g/mol. The van der Waals surface area contributed by atoms with Crippen molar-refractivity contribution in [3.8, 4) is 0 Å². The summed E-state index contributed by atoms with van der Waals surface area (Å²) in [5.41, 5.74) is 7.54. The van der Waals surface area contributed by atoms with Gasteiger partial charge in [0.1, 0.15) is 6.61 Å². The van der Waals surface area contributed by atoms with Gasteiger partial charge in [-0.05, 0) is 11.1 Å². The van der Waals surface area contributed by atoms with E-state index in [4.69, 9.17) is 10.5 Å². The molecule has 1 atom stereocenters. The van der Waals surface area contributed by atoms with Crippen LogP contribution in [0, 0.1) is 0 Å². The minimum absolute atomic E-state index is 0.248. The standard InChI is InChI=1S/C16H17NO2/c17-11-15(14-9-5-2-6-10-14)16(18)19-12-13-7-3-1-4-8-13/h1-10,15H,11-12,17H2/t15-/m0/s1. The van der Waals surface area contributed by atoms with E-state index in [1.165, 1.54) is 0 Å². The Morgan fingerprint density at radius 2 is 1.58 bits per heavy atom. The molecular formula is C16H17NO2. The van der Waals surface area contributed by atoms with Crippen LogP contribution in [-0.4, -0.2) is 12.5 Å². The van der Waals surface area contributed by atoms with Gasteiger partial charge in [0, 0.05) is 6.54 Å². The summed E-state index contributed by atoms with van der Waals surface area (Å²) >= 11 is 0. The molecule has 2 aromatic rings. The predicted molar refractivity (Wildman–Crippen MR) is 74.5 cm³/mol. The van der Waals surface area contributed by atoms with Gasteiger partial charge in [0.05, 0.1) is 5.92 Å². The highest BCUT2D eigenvalue weighted by Crippen LogP contribution is 2.16. The Hall–Kier alpha value is -2.13. The predicted octanol–water partition coefficient (Wildman–Crippen LogP) is 2.47. The van der Waals surface area contributed by atoms with E-state index in [0.29, 0.717) is 0 Å². The van der Waals surface area contributed by atoms with Crippen molar-refractivity contribution in [2.75, 3.05) is 6.54 Å². The van der Waals surface area contributed by atoms with Crippen molar-refractivity contribution >= 4 is 5.97 Å². The summed E-state index contributed by atoms with van der Waals surface area (Å²) < 4.78 is 5.32. The zero-order valence-electron chi connectivity index (χ0n) is 10.7. The SMILES string of the molecule is NC[C@H](C(=O)OCc1ccccc1)c1ccccc1. The van der Waals surface area contributed by atoms with Gasteiger partial charge in [0.25, 0.3) is 0 Å². The number of rotatable bonds is 5. The molecule has 0 amide bonds. The van der Waals surface area contributed by atoms with Gasteiger partial charge in [-0.15, -0.1) is 0 Å². The molecule has 0 aliphatic heterocycles. The van der Waals surface area contributed by atoms with E-state index >= 15 is 0 Å². The van der Waals surface area contributed by atoms with E-state index in [1.54, 1.807) is 0 Å².